The fourth-order valence-electron chi connectivity index (χ4n) is 4.04. The number of halogens is 3. The van der Waals surface area contributed by atoms with Gasteiger partial charge in [-0.3, -0.25) is 4.31 Å². The van der Waals surface area contributed by atoms with Crippen LogP contribution in [0.15, 0.2) is 42.5 Å². The molecule has 0 atom stereocenters. The third-order valence-corrected chi connectivity index (χ3v) is 7.15. The molecule has 31 heavy (non-hydrogen) atoms. The molecule has 4 rings (SSSR count). The van der Waals surface area contributed by atoms with Gasteiger partial charge in [0.2, 0.25) is 10.0 Å². The Morgan fingerprint density at radius 1 is 1.13 bits per heavy atom. The molecule has 1 aliphatic heterocycles. The molecule has 0 saturated carbocycles. The van der Waals surface area contributed by atoms with E-state index in [-0.39, 0.29) is 11.5 Å². The van der Waals surface area contributed by atoms with Crippen LogP contribution in [0, 0.1) is 0 Å². The number of hydrogen-bond acceptors (Lipinski definition) is 4. The van der Waals surface area contributed by atoms with E-state index < -0.39 is 16.4 Å². The summed E-state index contributed by atoms with van der Waals surface area (Å²) >= 11 is 0. The number of benzene rings is 2. The third-order valence-electron chi connectivity index (χ3n) is 5.28. The van der Waals surface area contributed by atoms with Crippen molar-refractivity contribution in [2.24, 2.45) is 0 Å². The fraction of sp³-hybridized carbons (Fsp3) is 0.333. The van der Waals surface area contributed by atoms with Crippen LogP contribution in [0.1, 0.15) is 19.8 Å². The number of rotatable bonds is 5. The maximum absolute atomic E-state index is 12.7. The monoisotopic (exact) mass is 453 g/mol. The van der Waals surface area contributed by atoms with Gasteiger partial charge in [0.1, 0.15) is 5.75 Å². The molecule has 0 spiro atoms. The van der Waals surface area contributed by atoms with Gasteiger partial charge in [0.05, 0.1) is 28.3 Å². The van der Waals surface area contributed by atoms with Gasteiger partial charge in [-0.15, -0.1) is 13.2 Å². The second-order valence-electron chi connectivity index (χ2n) is 7.43. The summed E-state index contributed by atoms with van der Waals surface area (Å²) in [7, 11) is -3.29. The van der Waals surface area contributed by atoms with E-state index in [1.54, 1.807) is 24.3 Å². The predicted molar refractivity (Wildman–Crippen MR) is 115 cm³/mol. The fourth-order valence-corrected chi connectivity index (χ4v) is 5.60. The molecule has 2 aromatic carbocycles. The van der Waals surface area contributed by atoms with Gasteiger partial charge in [0.25, 0.3) is 0 Å². The first-order valence-corrected chi connectivity index (χ1v) is 11.5. The Labute approximate surface area is 178 Å². The number of nitrogens with zero attached hydrogens (tertiary/aromatic N) is 2. The Balaban J connectivity index is 1.79. The third kappa shape index (κ3) is 4.04. The highest BCUT2D eigenvalue weighted by molar-refractivity contribution is 7.93. The summed E-state index contributed by atoms with van der Waals surface area (Å²) in [4.78, 5) is 0. The molecule has 0 radical (unpaired) electrons. The molecule has 10 heteroatoms. The highest BCUT2D eigenvalue weighted by atomic mass is 32.2. The molecule has 2 heterocycles. The van der Waals surface area contributed by atoms with Crippen molar-refractivity contribution in [2.45, 2.75) is 32.7 Å². The minimum Gasteiger partial charge on any atom is -0.406 e. The van der Waals surface area contributed by atoms with Gasteiger partial charge >= 0.3 is 6.36 Å². The Bertz CT molecular complexity index is 1220. The standard InChI is InChI=1S/C21H22F3N3O3S/c1-2-10-26-18-13-16(30-21(22,23)24)8-9-17(18)19(25)20(26)14-4-6-15(7-5-14)27-11-3-12-31(27,28)29/h4-9,13H,2-3,10-12,25H2,1H3. The Kier molecular flexibility index (Phi) is 5.28. The van der Waals surface area contributed by atoms with Crippen LogP contribution in [0.3, 0.4) is 0 Å². The largest absolute Gasteiger partial charge is 0.573 e. The van der Waals surface area contributed by atoms with Gasteiger partial charge < -0.3 is 15.0 Å². The van der Waals surface area contributed by atoms with E-state index in [0.29, 0.717) is 47.5 Å². The second kappa shape index (κ2) is 7.67. The summed E-state index contributed by atoms with van der Waals surface area (Å²) in [5.74, 6) is -0.176. The number of alkyl halides is 3. The molecular weight excluding hydrogens is 431 g/mol. The quantitative estimate of drug-likeness (QED) is 0.605. The molecule has 1 fully saturated rings. The zero-order valence-electron chi connectivity index (χ0n) is 16.8. The molecule has 0 bridgehead atoms. The van der Waals surface area contributed by atoms with E-state index in [4.69, 9.17) is 5.73 Å². The Morgan fingerprint density at radius 3 is 2.42 bits per heavy atom. The number of aromatic nitrogens is 1. The van der Waals surface area contributed by atoms with Crippen LogP contribution in [0.5, 0.6) is 5.75 Å². The van der Waals surface area contributed by atoms with E-state index in [2.05, 4.69) is 4.74 Å². The average molecular weight is 453 g/mol. The van der Waals surface area contributed by atoms with E-state index in [0.717, 1.165) is 12.0 Å². The Morgan fingerprint density at radius 2 is 1.84 bits per heavy atom. The van der Waals surface area contributed by atoms with E-state index in [1.165, 1.54) is 22.5 Å². The van der Waals surface area contributed by atoms with Crippen molar-refractivity contribution < 1.29 is 26.3 Å². The number of aryl methyl sites for hydroxylation is 1. The van der Waals surface area contributed by atoms with Crippen LogP contribution >= 0.6 is 0 Å². The molecule has 1 saturated heterocycles. The first-order chi connectivity index (χ1) is 14.6. The van der Waals surface area contributed by atoms with Gasteiger partial charge in [0.15, 0.2) is 0 Å². The maximum Gasteiger partial charge on any atom is 0.573 e. The van der Waals surface area contributed by atoms with Crippen molar-refractivity contribution in [3.63, 3.8) is 0 Å². The average Bonchev–Trinajstić information content (AvgIpc) is 3.18. The van der Waals surface area contributed by atoms with Gasteiger partial charge in [-0.25, -0.2) is 8.42 Å². The van der Waals surface area contributed by atoms with Gasteiger partial charge in [-0.2, -0.15) is 0 Å². The molecule has 3 aromatic rings. The molecular formula is C21H22F3N3O3S. The number of anilines is 2. The number of nitrogens with two attached hydrogens (primary N) is 1. The summed E-state index contributed by atoms with van der Waals surface area (Å²) in [5.41, 5.74) is 9.39. The predicted octanol–water partition coefficient (Wildman–Crippen LogP) is 4.74. The summed E-state index contributed by atoms with van der Waals surface area (Å²) in [6, 6.07) is 11.1. The van der Waals surface area contributed by atoms with Crippen molar-refractivity contribution in [3.8, 4) is 17.0 Å². The summed E-state index contributed by atoms with van der Waals surface area (Å²) in [5, 5.41) is 0.629. The number of sulfonamides is 1. The van der Waals surface area contributed by atoms with E-state index in [1.807, 2.05) is 11.5 Å². The summed E-state index contributed by atoms with van der Waals surface area (Å²) in [6.07, 6.45) is -3.45. The lowest BCUT2D eigenvalue weighted by atomic mass is 10.1. The number of ether oxygens (including phenoxy) is 1. The molecule has 2 N–H and O–H groups in total. The number of nitrogen functional groups attached to an aromatic ring is 1. The van der Waals surface area contributed by atoms with Crippen molar-refractivity contribution >= 4 is 32.3 Å². The lowest BCUT2D eigenvalue weighted by molar-refractivity contribution is -0.274. The van der Waals surface area contributed by atoms with Crippen LogP contribution in [0.25, 0.3) is 22.2 Å². The summed E-state index contributed by atoms with van der Waals surface area (Å²) in [6.45, 7) is 2.95. The minimum atomic E-state index is -4.78. The van der Waals surface area contributed by atoms with Crippen molar-refractivity contribution in [1.82, 2.24) is 4.57 Å². The van der Waals surface area contributed by atoms with Crippen LogP contribution in [0.2, 0.25) is 0 Å². The molecule has 6 nitrogen and oxygen atoms in total. The normalized spacial score (nSPS) is 16.2. The molecule has 1 aromatic heterocycles. The molecule has 0 unspecified atom stereocenters. The number of hydrogen-bond donors (Lipinski definition) is 1. The van der Waals surface area contributed by atoms with Crippen LogP contribution in [0.4, 0.5) is 24.5 Å². The van der Waals surface area contributed by atoms with Crippen molar-refractivity contribution in [1.29, 1.82) is 0 Å². The molecule has 166 valence electrons. The lowest BCUT2D eigenvalue weighted by Crippen LogP contribution is -2.24. The minimum absolute atomic E-state index is 0.134. The zero-order valence-corrected chi connectivity index (χ0v) is 17.6. The van der Waals surface area contributed by atoms with E-state index >= 15 is 0 Å². The van der Waals surface area contributed by atoms with Crippen LogP contribution < -0.4 is 14.8 Å². The second-order valence-corrected chi connectivity index (χ2v) is 9.44. The maximum atomic E-state index is 12.7. The van der Waals surface area contributed by atoms with Crippen LogP contribution in [-0.2, 0) is 16.6 Å². The SMILES string of the molecule is CCCn1c(-c2ccc(N3CCCS3(=O)=O)cc2)c(N)c2ccc(OC(F)(F)F)cc21. The van der Waals surface area contributed by atoms with E-state index in [9.17, 15) is 21.6 Å². The van der Waals surface area contributed by atoms with Crippen molar-refractivity contribution in [2.75, 3.05) is 22.3 Å². The molecule has 0 aliphatic carbocycles. The van der Waals surface area contributed by atoms with Gasteiger partial charge in [-0.05, 0) is 37.1 Å². The smallest absolute Gasteiger partial charge is 0.406 e. The zero-order chi connectivity index (χ0) is 22.4. The van der Waals surface area contributed by atoms with Gasteiger partial charge in [0, 0.05) is 30.1 Å². The molecule has 0 amide bonds. The lowest BCUT2D eigenvalue weighted by Gasteiger charge is -2.17. The first kappa shape index (κ1) is 21.4. The van der Waals surface area contributed by atoms with Gasteiger partial charge in [-0.1, -0.05) is 19.1 Å². The first-order valence-electron chi connectivity index (χ1n) is 9.89. The topological polar surface area (TPSA) is 77.6 Å². The van der Waals surface area contributed by atoms with Crippen LogP contribution in [-0.4, -0.2) is 31.6 Å². The number of fused-ring (bicyclic) bond motifs is 1. The summed E-state index contributed by atoms with van der Waals surface area (Å²) < 4.78 is 69.7. The molecule has 1 aliphatic rings. The Hall–Kier alpha value is -2.88. The highest BCUT2D eigenvalue weighted by Gasteiger charge is 2.32. The highest BCUT2D eigenvalue weighted by Crippen LogP contribution is 2.39. The van der Waals surface area contributed by atoms with Crippen molar-refractivity contribution in [3.05, 3.63) is 42.5 Å².